The van der Waals surface area contributed by atoms with Crippen LogP contribution in [0, 0.1) is 6.92 Å². The summed E-state index contributed by atoms with van der Waals surface area (Å²) in [6, 6.07) is 10.6. The summed E-state index contributed by atoms with van der Waals surface area (Å²) >= 11 is 0. The molecule has 0 bridgehead atoms. The van der Waals surface area contributed by atoms with Crippen LogP contribution in [-0.4, -0.2) is 27.9 Å². The van der Waals surface area contributed by atoms with Crippen LogP contribution < -0.4 is 10.0 Å². The molecule has 0 aliphatic heterocycles. The van der Waals surface area contributed by atoms with Gasteiger partial charge in [0.2, 0.25) is 5.09 Å². The normalized spacial score (nSPS) is 11.4. The molecule has 118 valence electrons. The monoisotopic (exact) mass is 322 g/mol. The molecule has 1 amide bonds. The molecule has 0 unspecified atom stereocenters. The Balaban J connectivity index is 1.91. The van der Waals surface area contributed by atoms with Crippen LogP contribution in [0.25, 0.3) is 0 Å². The van der Waals surface area contributed by atoms with Crippen LogP contribution in [0.3, 0.4) is 0 Å². The molecule has 1 aromatic carbocycles. The number of hydrogen-bond donors (Lipinski definition) is 2. The van der Waals surface area contributed by atoms with E-state index in [2.05, 4.69) is 10.0 Å². The first-order valence-corrected chi connectivity index (χ1v) is 8.28. The third-order valence-electron chi connectivity index (χ3n) is 3.16. The van der Waals surface area contributed by atoms with Crippen LogP contribution in [0.2, 0.25) is 0 Å². The summed E-state index contributed by atoms with van der Waals surface area (Å²) in [5.41, 5.74) is 2.30. The Morgan fingerprint density at radius 1 is 1.14 bits per heavy atom. The van der Waals surface area contributed by atoms with E-state index in [0.717, 1.165) is 5.56 Å². The number of nitrogens with one attached hydrogen (secondary N) is 2. The van der Waals surface area contributed by atoms with Crippen molar-refractivity contribution in [1.29, 1.82) is 0 Å². The number of carbonyl (C=O) groups excluding carboxylic acids is 1. The van der Waals surface area contributed by atoms with Crippen molar-refractivity contribution in [1.82, 2.24) is 10.0 Å². The molecule has 22 heavy (non-hydrogen) atoms. The SMILES string of the molecule is CNS(=O)(=O)c1ccc(C(=O)NCCc2ccc(C)cc2)o1. The predicted molar refractivity (Wildman–Crippen MR) is 82.2 cm³/mol. The van der Waals surface area contributed by atoms with Crippen LogP contribution in [0.1, 0.15) is 21.7 Å². The second-order valence-electron chi connectivity index (χ2n) is 4.82. The van der Waals surface area contributed by atoms with Gasteiger partial charge in [-0.05, 0) is 38.1 Å². The Labute approximate surface area is 129 Å². The average Bonchev–Trinajstić information content (AvgIpc) is 3.00. The molecule has 0 saturated heterocycles. The molecular weight excluding hydrogens is 304 g/mol. The summed E-state index contributed by atoms with van der Waals surface area (Å²) in [5.74, 6) is -0.470. The van der Waals surface area contributed by atoms with Gasteiger partial charge in [0.1, 0.15) is 0 Å². The maximum absolute atomic E-state index is 11.9. The van der Waals surface area contributed by atoms with Gasteiger partial charge in [0, 0.05) is 6.54 Å². The van der Waals surface area contributed by atoms with Crippen molar-refractivity contribution in [2.24, 2.45) is 0 Å². The minimum absolute atomic E-state index is 0.0299. The van der Waals surface area contributed by atoms with E-state index in [1.54, 1.807) is 0 Å². The second kappa shape index (κ2) is 6.76. The Morgan fingerprint density at radius 2 is 1.82 bits per heavy atom. The van der Waals surface area contributed by atoms with Crippen molar-refractivity contribution in [3.8, 4) is 0 Å². The fourth-order valence-corrected chi connectivity index (χ4v) is 2.50. The van der Waals surface area contributed by atoms with Crippen molar-refractivity contribution in [2.45, 2.75) is 18.4 Å². The number of aryl methyl sites for hydroxylation is 1. The molecule has 0 aliphatic carbocycles. The molecule has 0 spiro atoms. The van der Waals surface area contributed by atoms with Crippen LogP contribution in [-0.2, 0) is 16.4 Å². The lowest BCUT2D eigenvalue weighted by Gasteiger charge is -2.04. The van der Waals surface area contributed by atoms with E-state index in [4.69, 9.17) is 4.42 Å². The topological polar surface area (TPSA) is 88.4 Å². The van der Waals surface area contributed by atoms with Gasteiger partial charge in [-0.2, -0.15) is 0 Å². The van der Waals surface area contributed by atoms with E-state index in [9.17, 15) is 13.2 Å². The molecule has 2 aromatic rings. The molecule has 0 saturated carbocycles. The van der Waals surface area contributed by atoms with Crippen molar-refractivity contribution >= 4 is 15.9 Å². The molecule has 2 rings (SSSR count). The summed E-state index contributed by atoms with van der Waals surface area (Å²) < 4.78 is 30.2. The third-order valence-corrected chi connectivity index (χ3v) is 4.45. The first kappa shape index (κ1) is 16.3. The van der Waals surface area contributed by atoms with Crippen LogP contribution in [0.15, 0.2) is 45.9 Å². The van der Waals surface area contributed by atoms with Gasteiger partial charge in [0.25, 0.3) is 15.9 Å². The maximum Gasteiger partial charge on any atom is 0.287 e. The van der Waals surface area contributed by atoms with Crippen LogP contribution >= 0.6 is 0 Å². The summed E-state index contributed by atoms with van der Waals surface area (Å²) in [5, 5.41) is 2.42. The van der Waals surface area contributed by atoms with E-state index >= 15 is 0 Å². The summed E-state index contributed by atoms with van der Waals surface area (Å²) in [6.45, 7) is 2.45. The third kappa shape index (κ3) is 3.96. The quantitative estimate of drug-likeness (QED) is 0.843. The number of hydrogen-bond acceptors (Lipinski definition) is 4. The summed E-state index contributed by atoms with van der Waals surface area (Å²) in [6.07, 6.45) is 0.689. The van der Waals surface area contributed by atoms with Crippen LogP contribution in [0.4, 0.5) is 0 Å². The van der Waals surface area contributed by atoms with Gasteiger partial charge in [-0.15, -0.1) is 0 Å². The number of sulfonamides is 1. The van der Waals surface area contributed by atoms with Gasteiger partial charge < -0.3 is 9.73 Å². The van der Waals surface area contributed by atoms with E-state index in [1.165, 1.54) is 24.7 Å². The van der Waals surface area contributed by atoms with Gasteiger partial charge in [-0.25, -0.2) is 13.1 Å². The predicted octanol–water partition coefficient (Wildman–Crippen LogP) is 1.47. The molecule has 0 radical (unpaired) electrons. The van der Waals surface area contributed by atoms with E-state index in [1.807, 2.05) is 31.2 Å². The second-order valence-corrected chi connectivity index (χ2v) is 6.64. The lowest BCUT2D eigenvalue weighted by molar-refractivity contribution is 0.0921. The van der Waals surface area contributed by atoms with Gasteiger partial charge in [-0.3, -0.25) is 4.79 Å². The fraction of sp³-hybridized carbons (Fsp3) is 0.267. The van der Waals surface area contributed by atoms with Gasteiger partial charge in [-0.1, -0.05) is 29.8 Å². The standard InChI is InChI=1S/C15H18N2O4S/c1-11-3-5-12(6-4-11)9-10-17-15(18)13-7-8-14(21-13)22(19,20)16-2/h3-8,16H,9-10H2,1-2H3,(H,17,18). The van der Waals surface area contributed by atoms with E-state index < -0.39 is 15.9 Å². The number of amides is 1. The smallest absolute Gasteiger partial charge is 0.287 e. The number of furan rings is 1. The van der Waals surface area contributed by atoms with Crippen molar-refractivity contribution in [3.63, 3.8) is 0 Å². The van der Waals surface area contributed by atoms with Crippen molar-refractivity contribution < 1.29 is 17.6 Å². The number of benzene rings is 1. The lowest BCUT2D eigenvalue weighted by atomic mass is 10.1. The molecule has 0 fully saturated rings. The Morgan fingerprint density at radius 3 is 2.45 bits per heavy atom. The zero-order valence-corrected chi connectivity index (χ0v) is 13.2. The highest BCUT2D eigenvalue weighted by molar-refractivity contribution is 7.89. The molecule has 0 atom stereocenters. The van der Waals surface area contributed by atoms with Gasteiger partial charge >= 0.3 is 0 Å². The first-order valence-electron chi connectivity index (χ1n) is 6.79. The lowest BCUT2D eigenvalue weighted by Crippen LogP contribution is -2.25. The molecule has 2 N–H and O–H groups in total. The largest absolute Gasteiger partial charge is 0.438 e. The van der Waals surface area contributed by atoms with Crippen LogP contribution in [0.5, 0.6) is 0 Å². The molecule has 7 heteroatoms. The minimum Gasteiger partial charge on any atom is -0.438 e. The fourth-order valence-electron chi connectivity index (χ4n) is 1.85. The molecule has 1 aromatic heterocycles. The molecule has 0 aliphatic rings. The Bertz CT molecular complexity index is 748. The molecule has 1 heterocycles. The zero-order chi connectivity index (χ0) is 16.2. The number of carbonyl (C=O) groups is 1. The van der Waals surface area contributed by atoms with Gasteiger partial charge in [0.15, 0.2) is 5.76 Å². The zero-order valence-electron chi connectivity index (χ0n) is 12.4. The maximum atomic E-state index is 11.9. The summed E-state index contributed by atoms with van der Waals surface area (Å²) in [7, 11) is -2.40. The number of rotatable bonds is 6. The van der Waals surface area contributed by atoms with E-state index in [-0.39, 0.29) is 10.9 Å². The highest BCUT2D eigenvalue weighted by Gasteiger charge is 2.19. The highest BCUT2D eigenvalue weighted by Crippen LogP contribution is 2.13. The molecular formula is C15H18N2O4S. The van der Waals surface area contributed by atoms with Crippen molar-refractivity contribution in [2.75, 3.05) is 13.6 Å². The van der Waals surface area contributed by atoms with E-state index in [0.29, 0.717) is 13.0 Å². The van der Waals surface area contributed by atoms with Gasteiger partial charge in [0.05, 0.1) is 0 Å². The first-order chi connectivity index (χ1) is 10.4. The minimum atomic E-state index is -3.68. The Kier molecular flexibility index (Phi) is 4.99. The average molecular weight is 322 g/mol. The highest BCUT2D eigenvalue weighted by atomic mass is 32.2. The summed E-state index contributed by atoms with van der Waals surface area (Å²) in [4.78, 5) is 11.9. The molecule has 6 nitrogen and oxygen atoms in total. The van der Waals surface area contributed by atoms with Crippen molar-refractivity contribution in [3.05, 3.63) is 53.3 Å². The Hall–Kier alpha value is -2.12.